The Morgan fingerprint density at radius 3 is 2.13 bits per heavy atom. The predicted octanol–water partition coefficient (Wildman–Crippen LogP) is 6.55. The molecule has 0 aliphatic carbocycles. The fraction of sp³-hybridized carbons (Fsp3) is 0.0714. The van der Waals surface area contributed by atoms with Gasteiger partial charge in [0.05, 0.1) is 11.4 Å². The smallest absolute Gasteiger partial charge is 0.276 e. The summed E-state index contributed by atoms with van der Waals surface area (Å²) in [5.41, 5.74) is 0.929. The van der Waals surface area contributed by atoms with Gasteiger partial charge >= 0.3 is 9.95 Å². The first-order valence-corrected chi connectivity index (χ1v) is 8.45. The highest BCUT2D eigenvalue weighted by Crippen LogP contribution is 2.35. The number of nitrogens with one attached hydrogen (secondary N) is 1. The summed E-state index contributed by atoms with van der Waals surface area (Å²) in [4.78, 5) is 13.7. The Balaban J connectivity index is 2.38. The van der Waals surface area contributed by atoms with Crippen molar-refractivity contribution in [2.45, 2.75) is 3.92 Å². The van der Waals surface area contributed by atoms with E-state index in [2.05, 4.69) is 4.72 Å². The van der Waals surface area contributed by atoms with Crippen molar-refractivity contribution in [1.82, 2.24) is 4.72 Å². The second-order valence-corrected chi connectivity index (χ2v) is 7.78. The maximum absolute atomic E-state index is 13.2. The molecule has 23 heavy (non-hydrogen) atoms. The van der Waals surface area contributed by atoms with Gasteiger partial charge in [-0.05, 0) is 30.3 Å². The third-order valence-corrected chi connectivity index (χ3v) is 3.98. The van der Waals surface area contributed by atoms with Gasteiger partial charge in [0.2, 0.25) is 0 Å². The molecule has 2 rings (SSSR count). The standard InChI is InChI=1S/C14H9Cl4FN2OS/c15-9-6-10(16)8-12(7-9)21(11-4-2-1-3-5-11)13(22)20-23-14(17,18)19/h1-8H,(H,20,22). The summed E-state index contributed by atoms with van der Waals surface area (Å²) >= 11 is 22.6. The number of rotatable bonds is 4. The van der Waals surface area contributed by atoms with Crippen LogP contribution in [0.4, 0.5) is 20.6 Å². The van der Waals surface area contributed by atoms with E-state index in [1.54, 1.807) is 42.5 Å². The van der Waals surface area contributed by atoms with Crippen LogP contribution in [0.2, 0.25) is 10.0 Å². The zero-order valence-corrected chi connectivity index (χ0v) is 15.1. The predicted molar refractivity (Wildman–Crippen MR) is 96.7 cm³/mol. The molecule has 1 N–H and O–H groups in total. The third kappa shape index (κ3) is 5.62. The summed E-state index contributed by atoms with van der Waals surface area (Å²) in [5, 5.41) is 0.701. The maximum Gasteiger partial charge on any atom is 0.336 e. The van der Waals surface area contributed by atoms with Gasteiger partial charge in [0.15, 0.2) is 0 Å². The van der Waals surface area contributed by atoms with E-state index in [0.717, 1.165) is 0 Å². The molecule has 0 aromatic heterocycles. The Morgan fingerprint density at radius 2 is 1.61 bits per heavy atom. The molecule has 0 radical (unpaired) electrons. The first-order chi connectivity index (χ1) is 10.8. The maximum atomic E-state index is 13.2. The van der Waals surface area contributed by atoms with Crippen LogP contribution >= 0.6 is 58.4 Å². The van der Waals surface area contributed by atoms with Gasteiger partial charge in [0, 0.05) is 22.0 Å². The summed E-state index contributed by atoms with van der Waals surface area (Å²) in [6.07, 6.45) is 0. The molecule has 9 heteroatoms. The first-order valence-electron chi connectivity index (χ1n) is 6.12. The van der Waals surface area contributed by atoms with E-state index < -0.39 is 9.95 Å². The molecule has 0 fully saturated rings. The van der Waals surface area contributed by atoms with Gasteiger partial charge in [-0.25, -0.2) is 4.79 Å². The monoisotopic (exact) mass is 412 g/mol. The summed E-state index contributed by atoms with van der Waals surface area (Å²) in [5.74, 6) is 0. The highest BCUT2D eigenvalue weighted by molar-refractivity contribution is 8.01. The largest absolute Gasteiger partial charge is 0.336 e. The van der Waals surface area contributed by atoms with Gasteiger partial charge in [-0.1, -0.05) is 64.6 Å². The van der Waals surface area contributed by atoms with Crippen LogP contribution in [-0.2, 0) is 0 Å². The Morgan fingerprint density at radius 1 is 1.04 bits per heavy atom. The number of para-hydroxylation sites is 1. The number of nitrogens with zero attached hydrogens (tertiary/aromatic N) is 1. The number of benzene rings is 2. The molecule has 3 nitrogen and oxygen atoms in total. The first kappa shape index (κ1) is 18.5. The average molecular weight is 414 g/mol. The highest BCUT2D eigenvalue weighted by atomic mass is 35.5. The molecular weight excluding hydrogens is 405 g/mol. The van der Waals surface area contributed by atoms with Gasteiger partial charge in [0.25, 0.3) is 0 Å². The molecule has 0 aliphatic rings. The Kier molecular flexibility index (Phi) is 6.28. The highest BCUT2D eigenvalue weighted by Gasteiger charge is 2.27. The van der Waals surface area contributed by atoms with Crippen molar-refractivity contribution in [3.05, 3.63) is 58.6 Å². The van der Waals surface area contributed by atoms with Crippen LogP contribution in [0.15, 0.2) is 48.5 Å². The minimum absolute atomic E-state index is 0.225. The number of halogens is 5. The number of hydrogen-bond acceptors (Lipinski definition) is 2. The summed E-state index contributed by atoms with van der Waals surface area (Å²) in [6.45, 7) is 0. The van der Waals surface area contributed by atoms with E-state index in [9.17, 15) is 9.18 Å². The van der Waals surface area contributed by atoms with Crippen molar-refractivity contribution in [2.75, 3.05) is 4.90 Å². The van der Waals surface area contributed by atoms with Crippen molar-refractivity contribution in [3.8, 4) is 0 Å². The van der Waals surface area contributed by atoms with Crippen LogP contribution in [0.1, 0.15) is 0 Å². The number of carbonyl (C=O) groups is 1. The number of carbonyl (C=O) groups excluding carboxylic acids is 1. The number of alkyl halides is 3. The molecule has 0 atom stereocenters. The molecule has 0 unspecified atom stereocenters. The molecule has 2 aromatic rings. The van der Waals surface area contributed by atoms with Crippen molar-refractivity contribution in [1.29, 1.82) is 0 Å². The number of hydrogen-bond donors (Lipinski definition) is 1. The van der Waals surface area contributed by atoms with Crippen molar-refractivity contribution < 1.29 is 9.18 Å². The Hall–Kier alpha value is -0.850. The van der Waals surface area contributed by atoms with E-state index in [0.29, 0.717) is 21.4 Å². The molecule has 0 saturated carbocycles. The molecule has 0 bridgehead atoms. The minimum Gasteiger partial charge on any atom is -0.276 e. The van der Waals surface area contributed by atoms with Crippen molar-refractivity contribution >= 4 is 75.8 Å². The molecule has 0 heterocycles. The second kappa shape index (κ2) is 7.81. The molecule has 0 aliphatic heterocycles. The van der Waals surface area contributed by atoms with E-state index >= 15 is 0 Å². The van der Waals surface area contributed by atoms with Gasteiger partial charge < -0.3 is 0 Å². The summed E-state index contributed by atoms with van der Waals surface area (Å²) < 4.78 is 12.8. The van der Waals surface area contributed by atoms with Crippen LogP contribution in [-0.4, -0.2) is 9.95 Å². The van der Waals surface area contributed by atoms with Crippen LogP contribution in [0, 0.1) is 0 Å². The molecular formula is C14H9Cl4FN2OS. The topological polar surface area (TPSA) is 32.3 Å². The summed E-state index contributed by atoms with van der Waals surface area (Å²) in [6, 6.07) is 12.7. The molecule has 0 spiro atoms. The zero-order valence-electron chi connectivity index (χ0n) is 11.3. The lowest BCUT2D eigenvalue weighted by Crippen LogP contribution is -2.34. The fourth-order valence-corrected chi connectivity index (χ4v) is 2.82. The number of anilines is 2. The molecule has 122 valence electrons. The van der Waals surface area contributed by atoms with Gasteiger partial charge in [-0.2, -0.15) is 4.39 Å². The lowest BCUT2D eigenvalue weighted by molar-refractivity contribution is 0.253. The lowest BCUT2D eigenvalue weighted by Gasteiger charge is -2.24. The van der Waals surface area contributed by atoms with Gasteiger partial charge in [-0.15, -0.1) is 0 Å². The van der Waals surface area contributed by atoms with E-state index in [1.807, 2.05) is 0 Å². The van der Waals surface area contributed by atoms with Gasteiger partial charge in [-0.3, -0.25) is 9.62 Å². The lowest BCUT2D eigenvalue weighted by atomic mass is 10.2. The molecule has 2 amide bonds. The van der Waals surface area contributed by atoms with E-state index in [4.69, 9.17) is 46.4 Å². The third-order valence-electron chi connectivity index (χ3n) is 2.58. The minimum atomic E-state index is -2.65. The van der Waals surface area contributed by atoms with Crippen LogP contribution in [0.25, 0.3) is 0 Å². The fourth-order valence-electron chi connectivity index (χ4n) is 1.78. The number of amides is 2. The Bertz CT molecular complexity index is 677. The zero-order chi connectivity index (χ0) is 17.0. The quantitative estimate of drug-likeness (QED) is 0.455. The van der Waals surface area contributed by atoms with Crippen LogP contribution in [0.5, 0.6) is 0 Å². The molecule has 0 saturated heterocycles. The number of urea groups is 1. The van der Waals surface area contributed by atoms with Crippen molar-refractivity contribution in [3.63, 3.8) is 0 Å². The van der Waals surface area contributed by atoms with E-state index in [-0.39, 0.29) is 11.9 Å². The van der Waals surface area contributed by atoms with Crippen molar-refractivity contribution in [2.24, 2.45) is 0 Å². The Labute approximate surface area is 156 Å². The van der Waals surface area contributed by atoms with Gasteiger partial charge in [0.1, 0.15) is 0 Å². The second-order valence-electron chi connectivity index (χ2n) is 4.25. The SMILES string of the molecule is O=C(NSC(F)(Cl)Cl)N(c1ccccc1)c1cc(Cl)cc(Cl)c1. The van der Waals surface area contributed by atoms with Crippen LogP contribution in [0.3, 0.4) is 0 Å². The summed E-state index contributed by atoms with van der Waals surface area (Å²) in [7, 11) is 0. The normalized spacial score (nSPS) is 11.2. The van der Waals surface area contributed by atoms with E-state index in [1.165, 1.54) is 11.0 Å². The van der Waals surface area contributed by atoms with Crippen LogP contribution < -0.4 is 9.62 Å². The average Bonchev–Trinajstić information content (AvgIpc) is 2.45. The molecule has 2 aromatic carbocycles.